The molecule has 1 atom stereocenters. The maximum absolute atomic E-state index is 11.4. The van der Waals surface area contributed by atoms with E-state index in [1.165, 1.54) is 0 Å². The lowest BCUT2D eigenvalue weighted by Gasteiger charge is -2.20. The number of rotatable bonds is 3. The average Bonchev–Trinajstić information content (AvgIpc) is 2.63. The van der Waals surface area contributed by atoms with Crippen molar-refractivity contribution >= 4 is 18.7 Å². The molecule has 0 N–H and O–H groups in total. The second-order valence-electron chi connectivity index (χ2n) is 3.42. The van der Waals surface area contributed by atoms with Gasteiger partial charge in [-0.1, -0.05) is 30.3 Å². The van der Waals surface area contributed by atoms with Gasteiger partial charge in [0, 0.05) is 12.3 Å². The molecule has 4 heteroatoms. The van der Waals surface area contributed by atoms with Crippen molar-refractivity contribution < 1.29 is 9.53 Å². The zero-order valence-corrected chi connectivity index (χ0v) is 9.19. The van der Waals surface area contributed by atoms with Gasteiger partial charge in [0.1, 0.15) is 6.61 Å². The Kier molecular flexibility index (Phi) is 3.16. The predicted octanol–water partition coefficient (Wildman–Crippen LogP) is 2.11. The van der Waals surface area contributed by atoms with E-state index in [4.69, 9.17) is 4.74 Å². The summed E-state index contributed by atoms with van der Waals surface area (Å²) in [5, 5.41) is 0. The van der Waals surface area contributed by atoms with Gasteiger partial charge in [-0.3, -0.25) is 4.90 Å². The molecule has 0 spiro atoms. The fourth-order valence-electron chi connectivity index (χ4n) is 1.76. The molecule has 0 bridgehead atoms. The lowest BCUT2D eigenvalue weighted by molar-refractivity contribution is 0.159. The summed E-state index contributed by atoms with van der Waals surface area (Å²) >= 11 is 4.14. The summed E-state index contributed by atoms with van der Waals surface area (Å²) in [4.78, 5) is 13.1. The first kappa shape index (κ1) is 10.4. The van der Waals surface area contributed by atoms with Gasteiger partial charge < -0.3 is 4.74 Å². The Balaban J connectivity index is 2.18. The van der Waals surface area contributed by atoms with Crippen molar-refractivity contribution in [1.29, 1.82) is 0 Å². The highest BCUT2D eigenvalue weighted by atomic mass is 32.1. The van der Waals surface area contributed by atoms with Crippen molar-refractivity contribution in [2.24, 2.45) is 0 Å². The van der Waals surface area contributed by atoms with E-state index in [1.54, 1.807) is 4.90 Å². The largest absolute Gasteiger partial charge is 0.447 e. The molecule has 0 saturated carbocycles. The molecule has 0 aliphatic carbocycles. The van der Waals surface area contributed by atoms with Gasteiger partial charge >= 0.3 is 6.09 Å². The highest BCUT2D eigenvalue weighted by Gasteiger charge is 2.32. The molecule has 1 aliphatic heterocycles. The van der Waals surface area contributed by atoms with Crippen LogP contribution in [0.15, 0.2) is 30.3 Å². The quantitative estimate of drug-likeness (QED) is 0.795. The number of carbonyl (C=O) groups is 1. The summed E-state index contributed by atoms with van der Waals surface area (Å²) in [6, 6.07) is 9.97. The van der Waals surface area contributed by atoms with E-state index in [1.807, 2.05) is 30.3 Å². The molecule has 1 heterocycles. The summed E-state index contributed by atoms with van der Waals surface area (Å²) < 4.78 is 5.04. The van der Waals surface area contributed by atoms with Crippen LogP contribution in [0.25, 0.3) is 0 Å². The number of thiol groups is 1. The molecule has 0 unspecified atom stereocenters. The number of hydrogen-bond donors (Lipinski definition) is 1. The smallest absolute Gasteiger partial charge is 0.410 e. The predicted molar refractivity (Wildman–Crippen MR) is 61.1 cm³/mol. The van der Waals surface area contributed by atoms with Gasteiger partial charge in [0.2, 0.25) is 0 Å². The molecule has 3 nitrogen and oxygen atoms in total. The highest BCUT2D eigenvalue weighted by Crippen LogP contribution is 2.26. The topological polar surface area (TPSA) is 29.5 Å². The zero-order valence-electron chi connectivity index (χ0n) is 8.30. The Morgan fingerprint density at radius 1 is 1.40 bits per heavy atom. The number of cyclic esters (lactones) is 1. The van der Waals surface area contributed by atoms with E-state index in [0.717, 1.165) is 5.56 Å². The lowest BCUT2D eigenvalue weighted by atomic mass is 10.1. The normalized spacial score (nSPS) is 20.5. The molecule has 80 valence electrons. The molecule has 0 aromatic heterocycles. The summed E-state index contributed by atoms with van der Waals surface area (Å²) in [7, 11) is 0. The van der Waals surface area contributed by atoms with E-state index >= 15 is 0 Å². The van der Waals surface area contributed by atoms with Crippen LogP contribution >= 0.6 is 12.6 Å². The first-order valence-electron chi connectivity index (χ1n) is 4.92. The van der Waals surface area contributed by atoms with Gasteiger partial charge in [-0.25, -0.2) is 4.79 Å². The number of carbonyl (C=O) groups excluding carboxylic acids is 1. The van der Waals surface area contributed by atoms with Crippen LogP contribution in [0.1, 0.15) is 11.6 Å². The maximum atomic E-state index is 11.4. The summed E-state index contributed by atoms with van der Waals surface area (Å²) in [5.74, 6) is 0.651. The number of hydrogen-bond acceptors (Lipinski definition) is 3. The van der Waals surface area contributed by atoms with Gasteiger partial charge in [-0.2, -0.15) is 12.6 Å². The average molecular weight is 223 g/mol. The fraction of sp³-hybridized carbons (Fsp3) is 0.364. The minimum atomic E-state index is -0.238. The maximum Gasteiger partial charge on any atom is 0.410 e. The Bertz CT molecular complexity index is 342. The highest BCUT2D eigenvalue weighted by molar-refractivity contribution is 7.80. The molecule has 1 amide bonds. The van der Waals surface area contributed by atoms with Crippen molar-refractivity contribution in [3.63, 3.8) is 0 Å². The van der Waals surface area contributed by atoms with Gasteiger partial charge in [-0.05, 0) is 5.56 Å². The second-order valence-corrected chi connectivity index (χ2v) is 3.87. The molecule has 0 radical (unpaired) electrons. The summed E-state index contributed by atoms with van der Waals surface area (Å²) in [6.45, 7) is 1.07. The van der Waals surface area contributed by atoms with Crippen LogP contribution in [0.5, 0.6) is 0 Å². The monoisotopic (exact) mass is 223 g/mol. The Morgan fingerprint density at radius 3 is 2.80 bits per heavy atom. The summed E-state index contributed by atoms with van der Waals surface area (Å²) in [6.07, 6.45) is -0.238. The minimum absolute atomic E-state index is 0.0471. The number of amides is 1. The molecule has 1 aromatic rings. The van der Waals surface area contributed by atoms with Crippen LogP contribution in [-0.4, -0.2) is 29.9 Å². The molecule has 1 aliphatic rings. The molecular weight excluding hydrogens is 210 g/mol. The van der Waals surface area contributed by atoms with Crippen LogP contribution in [-0.2, 0) is 4.74 Å². The van der Waals surface area contributed by atoms with E-state index < -0.39 is 0 Å². The van der Waals surface area contributed by atoms with Crippen LogP contribution < -0.4 is 0 Å². The van der Waals surface area contributed by atoms with Crippen molar-refractivity contribution in [2.45, 2.75) is 6.04 Å². The third kappa shape index (κ3) is 2.09. The van der Waals surface area contributed by atoms with Crippen molar-refractivity contribution in [2.75, 3.05) is 18.9 Å². The Morgan fingerprint density at radius 2 is 2.13 bits per heavy atom. The van der Waals surface area contributed by atoms with Gasteiger partial charge in [0.25, 0.3) is 0 Å². The van der Waals surface area contributed by atoms with E-state index in [0.29, 0.717) is 18.9 Å². The fourth-order valence-corrected chi connectivity index (χ4v) is 1.97. The molecule has 1 aromatic carbocycles. The van der Waals surface area contributed by atoms with Crippen LogP contribution in [0.3, 0.4) is 0 Å². The summed E-state index contributed by atoms with van der Waals surface area (Å²) in [5.41, 5.74) is 1.12. The lowest BCUT2D eigenvalue weighted by Crippen LogP contribution is -2.29. The van der Waals surface area contributed by atoms with Gasteiger partial charge in [-0.15, -0.1) is 0 Å². The third-order valence-electron chi connectivity index (χ3n) is 2.50. The van der Waals surface area contributed by atoms with Crippen LogP contribution in [0.2, 0.25) is 0 Å². The van der Waals surface area contributed by atoms with E-state index in [9.17, 15) is 4.79 Å². The van der Waals surface area contributed by atoms with Crippen LogP contribution in [0.4, 0.5) is 4.79 Å². The Labute approximate surface area is 94.4 Å². The first-order chi connectivity index (χ1) is 7.33. The number of nitrogens with zero attached hydrogens (tertiary/aromatic N) is 1. The molecule has 2 rings (SSSR count). The molecule has 15 heavy (non-hydrogen) atoms. The van der Waals surface area contributed by atoms with Crippen molar-refractivity contribution in [3.05, 3.63) is 35.9 Å². The molecule has 1 fully saturated rings. The second kappa shape index (κ2) is 4.57. The van der Waals surface area contributed by atoms with Gasteiger partial charge in [0.05, 0.1) is 6.04 Å². The SMILES string of the molecule is O=C1OC[C@@H](c2ccccc2)N1CCS. The number of benzene rings is 1. The zero-order chi connectivity index (χ0) is 10.7. The van der Waals surface area contributed by atoms with E-state index in [-0.39, 0.29) is 12.1 Å². The van der Waals surface area contributed by atoms with Crippen molar-refractivity contribution in [3.8, 4) is 0 Å². The molecular formula is C11H13NO2S. The van der Waals surface area contributed by atoms with Gasteiger partial charge in [0.15, 0.2) is 0 Å². The molecule has 1 saturated heterocycles. The third-order valence-corrected chi connectivity index (χ3v) is 2.70. The standard InChI is InChI=1S/C11H13NO2S/c13-11-12(6-7-15)10(8-14-11)9-4-2-1-3-5-9/h1-5,10,15H,6-8H2/t10-/m0/s1. The minimum Gasteiger partial charge on any atom is -0.447 e. The van der Waals surface area contributed by atoms with Crippen LogP contribution in [0, 0.1) is 0 Å². The first-order valence-corrected chi connectivity index (χ1v) is 5.55. The van der Waals surface area contributed by atoms with E-state index in [2.05, 4.69) is 12.6 Å². The van der Waals surface area contributed by atoms with Crippen molar-refractivity contribution in [1.82, 2.24) is 4.90 Å². The number of ether oxygens (including phenoxy) is 1. The Hall–Kier alpha value is -1.16.